The van der Waals surface area contributed by atoms with Crippen LogP contribution in [0.1, 0.15) is 60.8 Å². The number of hydrogen-bond acceptors (Lipinski definition) is 3. The van der Waals surface area contributed by atoms with E-state index in [9.17, 15) is 0 Å². The maximum Gasteiger partial charge on any atom is 0.640 e. The van der Waals surface area contributed by atoms with Crippen LogP contribution in [0.25, 0.3) is 0 Å². The Bertz CT molecular complexity index is 230. The van der Waals surface area contributed by atoms with Gasteiger partial charge in [0, 0.05) is 6.10 Å². The second-order valence-corrected chi connectivity index (χ2v) is 5.55. The van der Waals surface area contributed by atoms with Crippen molar-refractivity contribution in [3.63, 3.8) is 0 Å². The van der Waals surface area contributed by atoms with Crippen molar-refractivity contribution in [2.24, 2.45) is 0 Å². The lowest BCUT2D eigenvalue weighted by Crippen LogP contribution is -2.44. The highest BCUT2D eigenvalue weighted by Gasteiger charge is 2.55. The molecule has 1 rings (SSSR count). The van der Waals surface area contributed by atoms with Crippen molar-refractivity contribution in [3.8, 4) is 0 Å². The molecule has 0 radical (unpaired) electrons. The molecule has 1 heterocycles. The molecule has 0 aromatic rings. The van der Waals surface area contributed by atoms with Crippen molar-refractivity contribution in [1.82, 2.24) is 0 Å². The van der Waals surface area contributed by atoms with Gasteiger partial charge in [0.2, 0.25) is 0 Å². The van der Waals surface area contributed by atoms with Gasteiger partial charge in [0.25, 0.3) is 0 Å². The summed E-state index contributed by atoms with van der Waals surface area (Å²) in [5.74, 6) is 0. The first-order valence-electron chi connectivity index (χ1n) is 6.32. The first kappa shape index (κ1) is 14.0. The summed E-state index contributed by atoms with van der Waals surface area (Å²) >= 11 is 0. The van der Waals surface area contributed by atoms with Gasteiger partial charge >= 0.3 is 7.32 Å². The van der Waals surface area contributed by atoms with Crippen LogP contribution < -0.4 is 0 Å². The minimum Gasteiger partial charge on any atom is -0.384 e. The van der Waals surface area contributed by atoms with E-state index in [1.165, 1.54) is 6.42 Å². The third kappa shape index (κ3) is 2.99. The van der Waals surface area contributed by atoms with E-state index in [0.29, 0.717) is 0 Å². The summed E-state index contributed by atoms with van der Waals surface area (Å²) in [6, 6.07) is 0. The van der Waals surface area contributed by atoms with Crippen molar-refractivity contribution in [2.45, 2.75) is 78.1 Å². The first-order chi connectivity index (χ1) is 7.31. The average Bonchev–Trinajstić information content (AvgIpc) is 2.33. The van der Waals surface area contributed by atoms with E-state index in [1.807, 2.05) is 13.8 Å². The third-order valence-corrected chi connectivity index (χ3v) is 3.41. The summed E-state index contributed by atoms with van der Waals surface area (Å²) in [7, 11) is -0.517. The number of rotatable bonds is 5. The van der Waals surface area contributed by atoms with Gasteiger partial charge in [-0.2, -0.15) is 0 Å². The average molecular weight is 228 g/mol. The van der Waals surface area contributed by atoms with Crippen LogP contribution >= 0.6 is 0 Å². The largest absolute Gasteiger partial charge is 0.640 e. The van der Waals surface area contributed by atoms with Crippen molar-refractivity contribution in [1.29, 1.82) is 0 Å². The van der Waals surface area contributed by atoms with Crippen LogP contribution in [0.4, 0.5) is 0 Å². The quantitative estimate of drug-likeness (QED) is 0.676. The van der Waals surface area contributed by atoms with Gasteiger partial charge in [-0.05, 0) is 41.0 Å². The normalized spacial score (nSPS) is 29.1. The molecule has 0 aromatic heterocycles. The van der Waals surface area contributed by atoms with Gasteiger partial charge in [-0.25, -0.2) is 0 Å². The fourth-order valence-corrected chi connectivity index (χ4v) is 1.90. The molecule has 0 spiro atoms. The Morgan fingerprint density at radius 1 is 1.19 bits per heavy atom. The Labute approximate surface area is 100 Å². The van der Waals surface area contributed by atoms with Gasteiger partial charge in [0.15, 0.2) is 0 Å². The van der Waals surface area contributed by atoms with E-state index in [1.54, 1.807) is 0 Å². The van der Waals surface area contributed by atoms with Gasteiger partial charge in [-0.15, -0.1) is 0 Å². The van der Waals surface area contributed by atoms with Gasteiger partial charge < -0.3 is 14.0 Å². The predicted octanol–water partition coefficient (Wildman–Crippen LogP) is 3.17. The Kier molecular flexibility index (Phi) is 4.44. The summed E-state index contributed by atoms with van der Waals surface area (Å²) < 4.78 is 17.3. The van der Waals surface area contributed by atoms with Gasteiger partial charge in [0.1, 0.15) is 0 Å². The lowest BCUT2D eigenvalue weighted by Gasteiger charge is -2.36. The van der Waals surface area contributed by atoms with E-state index < -0.39 is 7.32 Å². The molecule has 0 aromatic carbocycles. The van der Waals surface area contributed by atoms with E-state index >= 15 is 0 Å². The van der Waals surface area contributed by atoms with Gasteiger partial charge in [-0.3, -0.25) is 0 Å². The predicted molar refractivity (Wildman–Crippen MR) is 66.2 cm³/mol. The minimum absolute atomic E-state index is 0.120. The Hall–Kier alpha value is -0.0551. The third-order valence-electron chi connectivity index (χ3n) is 3.41. The van der Waals surface area contributed by atoms with E-state index in [-0.39, 0.29) is 17.3 Å². The van der Waals surface area contributed by atoms with Crippen molar-refractivity contribution in [2.75, 3.05) is 0 Å². The molecule has 1 unspecified atom stereocenters. The zero-order valence-corrected chi connectivity index (χ0v) is 11.5. The molecular weight excluding hydrogens is 203 g/mol. The first-order valence-corrected chi connectivity index (χ1v) is 6.32. The molecule has 0 N–H and O–H groups in total. The Morgan fingerprint density at radius 3 is 2.31 bits per heavy atom. The summed E-state index contributed by atoms with van der Waals surface area (Å²) in [6.07, 6.45) is 3.45. The molecule has 0 aliphatic carbocycles. The molecule has 1 aliphatic rings. The molecule has 0 bridgehead atoms. The molecule has 0 saturated carbocycles. The number of unbranched alkanes of at least 4 members (excludes halogenated alkanes) is 1. The molecule has 4 heteroatoms. The summed E-state index contributed by atoms with van der Waals surface area (Å²) in [6.45, 7) is 12.4. The standard InChI is InChI=1S/C12H25BO3/c1-7-8-9-12(6)11(4,5)15-13(16-12)14-10(2)3/h10H,7-9H2,1-6H3. The summed E-state index contributed by atoms with van der Waals surface area (Å²) in [4.78, 5) is 0. The van der Waals surface area contributed by atoms with Crippen molar-refractivity contribution in [3.05, 3.63) is 0 Å². The molecular formula is C12H25BO3. The monoisotopic (exact) mass is 228 g/mol. The highest BCUT2D eigenvalue weighted by atomic mass is 16.8. The maximum atomic E-state index is 5.93. The van der Waals surface area contributed by atoms with Crippen molar-refractivity contribution >= 4 is 7.32 Å². The van der Waals surface area contributed by atoms with Crippen LogP contribution in [0.5, 0.6) is 0 Å². The van der Waals surface area contributed by atoms with E-state index in [2.05, 4.69) is 27.7 Å². The zero-order chi connectivity index (χ0) is 12.4. The highest BCUT2D eigenvalue weighted by molar-refractivity contribution is 6.37. The molecule has 16 heavy (non-hydrogen) atoms. The van der Waals surface area contributed by atoms with Crippen LogP contribution in [0.2, 0.25) is 0 Å². The smallest absolute Gasteiger partial charge is 0.384 e. The lowest BCUT2D eigenvalue weighted by atomic mass is 9.83. The fraction of sp³-hybridized carbons (Fsp3) is 1.00. The molecule has 3 nitrogen and oxygen atoms in total. The molecule has 1 fully saturated rings. The van der Waals surface area contributed by atoms with E-state index in [4.69, 9.17) is 14.0 Å². The molecule has 1 atom stereocenters. The topological polar surface area (TPSA) is 27.7 Å². The Morgan fingerprint density at radius 2 is 1.81 bits per heavy atom. The van der Waals surface area contributed by atoms with Gasteiger partial charge in [0.05, 0.1) is 11.2 Å². The fourth-order valence-electron chi connectivity index (χ4n) is 1.90. The lowest BCUT2D eigenvalue weighted by molar-refractivity contribution is -0.0170. The Balaban J connectivity index is 2.64. The van der Waals surface area contributed by atoms with Crippen LogP contribution in [0.15, 0.2) is 0 Å². The summed E-state index contributed by atoms with van der Waals surface area (Å²) in [5.41, 5.74) is -0.537. The van der Waals surface area contributed by atoms with Gasteiger partial charge in [-0.1, -0.05) is 19.8 Å². The highest BCUT2D eigenvalue weighted by Crippen LogP contribution is 2.41. The van der Waals surface area contributed by atoms with Crippen LogP contribution in [-0.4, -0.2) is 24.6 Å². The molecule has 94 valence electrons. The van der Waals surface area contributed by atoms with Crippen molar-refractivity contribution < 1.29 is 14.0 Å². The minimum atomic E-state index is -0.517. The zero-order valence-electron chi connectivity index (χ0n) is 11.5. The van der Waals surface area contributed by atoms with Crippen LogP contribution in [-0.2, 0) is 14.0 Å². The summed E-state index contributed by atoms with van der Waals surface area (Å²) in [5, 5.41) is 0. The molecule has 0 amide bonds. The van der Waals surface area contributed by atoms with Crippen LogP contribution in [0, 0.1) is 0 Å². The second-order valence-electron chi connectivity index (χ2n) is 5.55. The molecule has 1 aliphatic heterocycles. The maximum absolute atomic E-state index is 5.93. The SMILES string of the molecule is CCCCC1(C)OB(OC(C)C)OC1(C)C. The molecule has 1 saturated heterocycles. The number of hydrogen-bond donors (Lipinski definition) is 0. The van der Waals surface area contributed by atoms with Crippen LogP contribution in [0.3, 0.4) is 0 Å². The second kappa shape index (κ2) is 5.07. The van der Waals surface area contributed by atoms with E-state index in [0.717, 1.165) is 12.8 Å².